The van der Waals surface area contributed by atoms with Crippen LogP contribution in [-0.4, -0.2) is 16.9 Å². The Kier molecular flexibility index (Phi) is 2.95. The number of hydrogen-bond donors (Lipinski definition) is 1. The lowest BCUT2D eigenvalue weighted by Gasteiger charge is -2.09. The predicted octanol–water partition coefficient (Wildman–Crippen LogP) is 3.11. The van der Waals surface area contributed by atoms with Crippen molar-refractivity contribution in [1.82, 2.24) is 0 Å². The Morgan fingerprint density at radius 1 is 0.950 bits per heavy atom. The Bertz CT molecular complexity index is 714. The molecule has 0 spiro atoms. The molecule has 0 amide bonds. The lowest BCUT2D eigenvalue weighted by atomic mass is 9.93. The molecule has 20 heavy (non-hydrogen) atoms. The number of carboxylic acids is 1. The van der Waals surface area contributed by atoms with E-state index in [4.69, 9.17) is 0 Å². The molecule has 0 aromatic heterocycles. The van der Waals surface area contributed by atoms with Crippen molar-refractivity contribution in [3.63, 3.8) is 0 Å². The second-order valence-electron chi connectivity index (χ2n) is 4.68. The van der Waals surface area contributed by atoms with Crippen molar-refractivity contribution in [2.75, 3.05) is 0 Å². The highest BCUT2D eigenvalue weighted by atomic mass is 16.4. The van der Waals surface area contributed by atoms with E-state index >= 15 is 0 Å². The molecule has 0 bridgehead atoms. The molecule has 0 heterocycles. The molecule has 1 atom stereocenters. The summed E-state index contributed by atoms with van der Waals surface area (Å²) in [6, 6.07) is 14.2. The van der Waals surface area contributed by atoms with E-state index in [1.165, 1.54) is 0 Å². The summed E-state index contributed by atoms with van der Waals surface area (Å²) in [5.74, 6) is -1.64. The van der Waals surface area contributed by atoms with E-state index < -0.39 is 11.9 Å². The highest BCUT2D eigenvalue weighted by molar-refractivity contribution is 6.12. The molecule has 98 valence electrons. The Morgan fingerprint density at radius 3 is 2.40 bits per heavy atom. The standard InChI is InChI=1S/C17H12O3/c18-16(11-5-2-1-3-6-11)14-8-4-7-12-13(14)9-10-15(12)17(19)20/h1-10,15H,(H,19,20). The molecule has 1 aliphatic carbocycles. The number of rotatable bonds is 3. The summed E-state index contributed by atoms with van der Waals surface area (Å²) in [5.41, 5.74) is 2.55. The van der Waals surface area contributed by atoms with E-state index in [9.17, 15) is 14.7 Å². The maximum Gasteiger partial charge on any atom is 0.314 e. The Morgan fingerprint density at radius 2 is 1.70 bits per heavy atom. The maximum absolute atomic E-state index is 12.5. The lowest BCUT2D eigenvalue weighted by Crippen LogP contribution is -2.09. The Hall–Kier alpha value is -2.68. The van der Waals surface area contributed by atoms with Crippen LogP contribution in [0.3, 0.4) is 0 Å². The number of carbonyl (C=O) groups excluding carboxylic acids is 1. The third kappa shape index (κ3) is 1.93. The molecule has 1 aliphatic rings. The summed E-state index contributed by atoms with van der Waals surface area (Å²) in [4.78, 5) is 23.7. The van der Waals surface area contributed by atoms with Gasteiger partial charge in [0.15, 0.2) is 5.78 Å². The zero-order valence-corrected chi connectivity index (χ0v) is 10.6. The van der Waals surface area contributed by atoms with Gasteiger partial charge >= 0.3 is 5.97 Å². The average molecular weight is 264 g/mol. The number of aliphatic carboxylic acids is 1. The lowest BCUT2D eigenvalue weighted by molar-refractivity contribution is -0.137. The second kappa shape index (κ2) is 4.78. The van der Waals surface area contributed by atoms with Crippen LogP contribution in [0.15, 0.2) is 54.6 Å². The highest BCUT2D eigenvalue weighted by Crippen LogP contribution is 2.33. The first kappa shape index (κ1) is 12.4. The van der Waals surface area contributed by atoms with Crippen LogP contribution < -0.4 is 0 Å². The molecule has 0 fully saturated rings. The summed E-state index contributed by atoms with van der Waals surface area (Å²) in [7, 11) is 0. The Balaban J connectivity index is 2.08. The van der Waals surface area contributed by atoms with Crippen LogP contribution in [0.4, 0.5) is 0 Å². The van der Waals surface area contributed by atoms with Crippen molar-refractivity contribution >= 4 is 17.8 Å². The van der Waals surface area contributed by atoms with E-state index in [0.717, 1.165) is 0 Å². The molecule has 2 aromatic carbocycles. The third-order valence-corrected chi connectivity index (χ3v) is 3.48. The number of carboxylic acid groups (broad SMARTS) is 1. The van der Waals surface area contributed by atoms with Crippen molar-refractivity contribution in [3.05, 3.63) is 76.9 Å². The van der Waals surface area contributed by atoms with E-state index in [0.29, 0.717) is 22.3 Å². The van der Waals surface area contributed by atoms with Gasteiger partial charge in [0.1, 0.15) is 5.92 Å². The summed E-state index contributed by atoms with van der Waals surface area (Å²) in [6.07, 6.45) is 3.35. The average Bonchev–Trinajstić information content (AvgIpc) is 2.91. The molecular formula is C17H12O3. The van der Waals surface area contributed by atoms with Gasteiger partial charge in [0.25, 0.3) is 0 Å². The van der Waals surface area contributed by atoms with Gasteiger partial charge in [-0.2, -0.15) is 0 Å². The first-order valence-corrected chi connectivity index (χ1v) is 6.32. The molecule has 0 saturated heterocycles. The normalized spacial score (nSPS) is 15.9. The molecule has 3 nitrogen and oxygen atoms in total. The molecule has 0 radical (unpaired) electrons. The van der Waals surface area contributed by atoms with Crippen molar-refractivity contribution < 1.29 is 14.7 Å². The van der Waals surface area contributed by atoms with Gasteiger partial charge < -0.3 is 5.11 Å². The first-order valence-electron chi connectivity index (χ1n) is 6.32. The van der Waals surface area contributed by atoms with Crippen molar-refractivity contribution in [2.45, 2.75) is 5.92 Å². The van der Waals surface area contributed by atoms with Gasteiger partial charge in [-0.05, 0) is 11.1 Å². The molecule has 1 unspecified atom stereocenters. The molecule has 3 rings (SSSR count). The van der Waals surface area contributed by atoms with Gasteiger partial charge in [-0.3, -0.25) is 9.59 Å². The highest BCUT2D eigenvalue weighted by Gasteiger charge is 2.26. The van der Waals surface area contributed by atoms with Crippen LogP contribution in [0.25, 0.3) is 6.08 Å². The SMILES string of the molecule is O=C(c1ccccc1)c1cccc2c1C=CC2C(=O)O. The van der Waals surface area contributed by atoms with E-state index in [-0.39, 0.29) is 5.78 Å². The van der Waals surface area contributed by atoms with Gasteiger partial charge in [-0.25, -0.2) is 0 Å². The molecule has 0 saturated carbocycles. The minimum atomic E-state index is -0.899. The summed E-state index contributed by atoms with van der Waals surface area (Å²) in [6.45, 7) is 0. The minimum Gasteiger partial charge on any atom is -0.481 e. The molecule has 2 aromatic rings. The van der Waals surface area contributed by atoms with Gasteiger partial charge in [0.2, 0.25) is 0 Å². The summed E-state index contributed by atoms with van der Waals surface area (Å²) < 4.78 is 0. The van der Waals surface area contributed by atoms with Crippen LogP contribution in [0.2, 0.25) is 0 Å². The fourth-order valence-corrected chi connectivity index (χ4v) is 2.49. The van der Waals surface area contributed by atoms with Crippen LogP contribution >= 0.6 is 0 Å². The zero-order chi connectivity index (χ0) is 14.1. The largest absolute Gasteiger partial charge is 0.481 e. The third-order valence-electron chi connectivity index (χ3n) is 3.48. The quantitative estimate of drug-likeness (QED) is 0.866. The fourth-order valence-electron chi connectivity index (χ4n) is 2.49. The van der Waals surface area contributed by atoms with Crippen LogP contribution in [0.1, 0.15) is 33.0 Å². The number of fused-ring (bicyclic) bond motifs is 1. The second-order valence-corrected chi connectivity index (χ2v) is 4.68. The number of ketones is 1. The van der Waals surface area contributed by atoms with Crippen molar-refractivity contribution in [1.29, 1.82) is 0 Å². The van der Waals surface area contributed by atoms with Gasteiger partial charge in [-0.15, -0.1) is 0 Å². The maximum atomic E-state index is 12.5. The van der Waals surface area contributed by atoms with Crippen molar-refractivity contribution in [2.24, 2.45) is 0 Å². The molecule has 3 heteroatoms. The topological polar surface area (TPSA) is 54.4 Å². The van der Waals surface area contributed by atoms with E-state index in [1.54, 1.807) is 42.5 Å². The van der Waals surface area contributed by atoms with Gasteiger partial charge in [-0.1, -0.05) is 60.7 Å². The van der Waals surface area contributed by atoms with E-state index in [2.05, 4.69) is 0 Å². The Labute approximate surface area is 116 Å². The summed E-state index contributed by atoms with van der Waals surface area (Å²) in [5, 5.41) is 9.17. The number of hydrogen-bond acceptors (Lipinski definition) is 2. The first-order chi connectivity index (χ1) is 9.68. The molecule has 1 N–H and O–H groups in total. The van der Waals surface area contributed by atoms with Crippen molar-refractivity contribution in [3.8, 4) is 0 Å². The smallest absolute Gasteiger partial charge is 0.314 e. The van der Waals surface area contributed by atoms with Crippen LogP contribution in [0.5, 0.6) is 0 Å². The predicted molar refractivity (Wildman–Crippen MR) is 75.7 cm³/mol. The molecule has 0 aliphatic heterocycles. The number of carbonyl (C=O) groups is 2. The van der Waals surface area contributed by atoms with Gasteiger partial charge in [0.05, 0.1) is 0 Å². The van der Waals surface area contributed by atoms with E-state index in [1.807, 2.05) is 18.2 Å². The monoisotopic (exact) mass is 264 g/mol. The minimum absolute atomic E-state index is 0.0851. The fraction of sp³-hybridized carbons (Fsp3) is 0.0588. The zero-order valence-electron chi connectivity index (χ0n) is 10.6. The molecular weight excluding hydrogens is 252 g/mol. The van der Waals surface area contributed by atoms with Crippen LogP contribution in [-0.2, 0) is 4.79 Å². The van der Waals surface area contributed by atoms with Gasteiger partial charge in [0, 0.05) is 11.1 Å². The summed E-state index contributed by atoms with van der Waals surface area (Å²) >= 11 is 0. The van der Waals surface area contributed by atoms with Crippen LogP contribution in [0, 0.1) is 0 Å². The number of benzene rings is 2.